The molecule has 0 radical (unpaired) electrons. The third-order valence-electron chi connectivity index (χ3n) is 3.39. The van der Waals surface area contributed by atoms with Crippen molar-refractivity contribution >= 4 is 5.97 Å². The molecular formula is C12H16O2. The molecule has 14 heavy (non-hydrogen) atoms. The molecule has 76 valence electrons. The van der Waals surface area contributed by atoms with Crippen molar-refractivity contribution in [2.24, 2.45) is 11.8 Å². The lowest BCUT2D eigenvalue weighted by Crippen LogP contribution is -2.33. The minimum atomic E-state index is -0.344. The van der Waals surface area contributed by atoms with Crippen LogP contribution in [-0.2, 0) is 9.53 Å². The number of fused-ring (bicyclic) bond motifs is 1. The first-order valence-corrected chi connectivity index (χ1v) is 5.08. The molecule has 2 aliphatic rings. The van der Waals surface area contributed by atoms with E-state index in [-0.39, 0.29) is 11.6 Å². The first-order chi connectivity index (χ1) is 6.51. The van der Waals surface area contributed by atoms with E-state index in [1.54, 1.807) is 0 Å². The van der Waals surface area contributed by atoms with Gasteiger partial charge in [0.1, 0.15) is 5.60 Å². The van der Waals surface area contributed by atoms with Crippen molar-refractivity contribution in [1.82, 2.24) is 0 Å². The SMILES string of the molecule is C=C(C)[C@H]1C=C[C@@]2(C)OC(=O)C[C@H]2C1. The minimum Gasteiger partial charge on any atom is -0.455 e. The molecule has 1 saturated heterocycles. The summed E-state index contributed by atoms with van der Waals surface area (Å²) in [5.74, 6) is 0.689. The number of esters is 1. The topological polar surface area (TPSA) is 26.3 Å². The normalized spacial score (nSPS) is 40.6. The Bertz CT molecular complexity index is 316. The van der Waals surface area contributed by atoms with Gasteiger partial charge in [-0.1, -0.05) is 18.2 Å². The second-order valence-corrected chi connectivity index (χ2v) is 4.61. The van der Waals surface area contributed by atoms with Gasteiger partial charge < -0.3 is 4.74 Å². The quantitative estimate of drug-likeness (QED) is 0.471. The third kappa shape index (κ3) is 1.39. The number of carbonyl (C=O) groups is 1. The van der Waals surface area contributed by atoms with E-state index < -0.39 is 0 Å². The molecule has 2 nitrogen and oxygen atoms in total. The predicted molar refractivity (Wildman–Crippen MR) is 54.7 cm³/mol. The van der Waals surface area contributed by atoms with Crippen LogP contribution in [0.25, 0.3) is 0 Å². The Morgan fingerprint density at radius 2 is 2.43 bits per heavy atom. The van der Waals surface area contributed by atoms with Crippen LogP contribution in [0.15, 0.2) is 24.3 Å². The highest BCUT2D eigenvalue weighted by Gasteiger charge is 2.46. The Morgan fingerprint density at radius 1 is 1.71 bits per heavy atom. The summed E-state index contributed by atoms with van der Waals surface area (Å²) in [6, 6.07) is 0. The molecule has 1 aliphatic carbocycles. The highest BCUT2D eigenvalue weighted by molar-refractivity contribution is 5.73. The molecule has 0 bridgehead atoms. The molecule has 0 aromatic heterocycles. The molecule has 3 atom stereocenters. The molecule has 1 aliphatic heterocycles. The number of ether oxygens (including phenoxy) is 1. The number of carbonyl (C=O) groups excluding carboxylic acids is 1. The average molecular weight is 192 g/mol. The number of hydrogen-bond donors (Lipinski definition) is 0. The number of rotatable bonds is 1. The van der Waals surface area contributed by atoms with E-state index in [1.165, 1.54) is 5.57 Å². The molecule has 0 saturated carbocycles. The van der Waals surface area contributed by atoms with Crippen molar-refractivity contribution in [3.63, 3.8) is 0 Å². The molecule has 2 rings (SSSR count). The van der Waals surface area contributed by atoms with Crippen LogP contribution in [0.5, 0.6) is 0 Å². The zero-order chi connectivity index (χ0) is 10.3. The molecule has 0 aromatic rings. The van der Waals surface area contributed by atoms with Gasteiger partial charge in [0.05, 0.1) is 6.42 Å². The van der Waals surface area contributed by atoms with Crippen LogP contribution in [-0.4, -0.2) is 11.6 Å². The van der Waals surface area contributed by atoms with Crippen molar-refractivity contribution in [2.45, 2.75) is 32.3 Å². The third-order valence-corrected chi connectivity index (χ3v) is 3.39. The van der Waals surface area contributed by atoms with Gasteiger partial charge in [-0.3, -0.25) is 4.79 Å². The zero-order valence-corrected chi connectivity index (χ0v) is 8.75. The summed E-state index contributed by atoms with van der Waals surface area (Å²) in [7, 11) is 0. The van der Waals surface area contributed by atoms with E-state index in [2.05, 4.69) is 12.7 Å². The van der Waals surface area contributed by atoms with Crippen LogP contribution >= 0.6 is 0 Å². The molecule has 0 spiro atoms. The van der Waals surface area contributed by atoms with Gasteiger partial charge >= 0.3 is 5.97 Å². The van der Waals surface area contributed by atoms with Crippen molar-refractivity contribution in [1.29, 1.82) is 0 Å². The van der Waals surface area contributed by atoms with Crippen LogP contribution in [0.4, 0.5) is 0 Å². The van der Waals surface area contributed by atoms with E-state index in [1.807, 2.05) is 19.9 Å². The molecule has 0 N–H and O–H groups in total. The van der Waals surface area contributed by atoms with Crippen molar-refractivity contribution in [3.8, 4) is 0 Å². The van der Waals surface area contributed by atoms with Crippen molar-refractivity contribution in [2.75, 3.05) is 0 Å². The summed E-state index contributed by atoms with van der Waals surface area (Å²) < 4.78 is 5.33. The molecule has 1 fully saturated rings. The van der Waals surface area contributed by atoms with Gasteiger partial charge in [0.2, 0.25) is 0 Å². The summed E-state index contributed by atoms with van der Waals surface area (Å²) in [6.07, 6.45) is 5.71. The largest absolute Gasteiger partial charge is 0.455 e. The van der Waals surface area contributed by atoms with Gasteiger partial charge in [0.15, 0.2) is 0 Å². The second-order valence-electron chi connectivity index (χ2n) is 4.61. The maximum atomic E-state index is 11.2. The zero-order valence-electron chi connectivity index (χ0n) is 8.75. The Balaban J connectivity index is 2.23. The van der Waals surface area contributed by atoms with Crippen LogP contribution in [0.3, 0.4) is 0 Å². The minimum absolute atomic E-state index is 0.0653. The predicted octanol–water partition coefficient (Wildman–Crippen LogP) is 2.46. The summed E-state index contributed by atoms with van der Waals surface area (Å²) in [5, 5.41) is 0. The van der Waals surface area contributed by atoms with Gasteiger partial charge in [-0.15, -0.1) is 0 Å². The Labute approximate surface area is 84.6 Å². The van der Waals surface area contributed by atoms with Crippen LogP contribution in [0, 0.1) is 11.8 Å². The summed E-state index contributed by atoms with van der Waals surface area (Å²) in [5.41, 5.74) is 0.825. The van der Waals surface area contributed by atoms with Gasteiger partial charge in [-0.25, -0.2) is 0 Å². The average Bonchev–Trinajstić information content (AvgIpc) is 2.37. The fourth-order valence-electron chi connectivity index (χ4n) is 2.32. The number of allylic oxidation sites excluding steroid dienone is 2. The Kier molecular flexibility index (Phi) is 2.02. The maximum absolute atomic E-state index is 11.2. The van der Waals surface area contributed by atoms with Gasteiger partial charge in [-0.2, -0.15) is 0 Å². The van der Waals surface area contributed by atoms with Gasteiger partial charge in [0, 0.05) is 5.92 Å². The first kappa shape index (κ1) is 9.50. The lowest BCUT2D eigenvalue weighted by Gasteiger charge is -2.33. The number of hydrogen-bond acceptors (Lipinski definition) is 2. The van der Waals surface area contributed by atoms with Crippen molar-refractivity contribution in [3.05, 3.63) is 24.3 Å². The fourth-order valence-corrected chi connectivity index (χ4v) is 2.32. The summed E-state index contributed by atoms with van der Waals surface area (Å²) in [4.78, 5) is 11.2. The van der Waals surface area contributed by atoms with Crippen molar-refractivity contribution < 1.29 is 9.53 Å². The molecular weight excluding hydrogens is 176 g/mol. The smallest absolute Gasteiger partial charge is 0.307 e. The lowest BCUT2D eigenvalue weighted by atomic mass is 9.75. The molecule has 0 unspecified atom stereocenters. The van der Waals surface area contributed by atoms with Gasteiger partial charge in [-0.05, 0) is 32.3 Å². The highest BCUT2D eigenvalue weighted by atomic mass is 16.6. The second kappa shape index (κ2) is 2.97. The van der Waals surface area contributed by atoms with E-state index in [9.17, 15) is 4.79 Å². The monoisotopic (exact) mass is 192 g/mol. The molecule has 2 heteroatoms. The summed E-state index contributed by atoms with van der Waals surface area (Å²) in [6.45, 7) is 7.99. The van der Waals surface area contributed by atoms with E-state index >= 15 is 0 Å². The first-order valence-electron chi connectivity index (χ1n) is 5.08. The maximum Gasteiger partial charge on any atom is 0.307 e. The highest BCUT2D eigenvalue weighted by Crippen LogP contribution is 2.43. The van der Waals surface area contributed by atoms with Crippen LogP contribution in [0.2, 0.25) is 0 Å². The summed E-state index contributed by atoms with van der Waals surface area (Å²) >= 11 is 0. The van der Waals surface area contributed by atoms with E-state index in [0.29, 0.717) is 18.3 Å². The molecule has 0 amide bonds. The standard InChI is InChI=1S/C12H16O2/c1-8(2)9-4-5-12(3)10(6-9)7-11(13)14-12/h4-5,9-10H,1,6-7H2,2-3H3/t9-,10+,12+/m0/s1. The lowest BCUT2D eigenvalue weighted by molar-refractivity contribution is -0.144. The Morgan fingerprint density at radius 3 is 3.07 bits per heavy atom. The van der Waals surface area contributed by atoms with E-state index in [0.717, 1.165) is 6.42 Å². The molecule has 0 aromatic carbocycles. The van der Waals surface area contributed by atoms with E-state index in [4.69, 9.17) is 4.74 Å². The fraction of sp³-hybridized carbons (Fsp3) is 0.583. The van der Waals surface area contributed by atoms with Crippen LogP contribution < -0.4 is 0 Å². The van der Waals surface area contributed by atoms with Gasteiger partial charge in [0.25, 0.3) is 0 Å². The van der Waals surface area contributed by atoms with Crippen LogP contribution in [0.1, 0.15) is 26.7 Å². The molecule has 1 heterocycles. The Hall–Kier alpha value is -1.05.